The third kappa shape index (κ3) is 7.75. The summed E-state index contributed by atoms with van der Waals surface area (Å²) in [6, 6.07) is 8.51. The molecule has 1 aliphatic heterocycles. The lowest BCUT2D eigenvalue weighted by Gasteiger charge is -2.31. The number of aliphatic hydroxyl groups is 1. The van der Waals surface area contributed by atoms with Crippen LogP contribution in [0.2, 0.25) is 0 Å². The van der Waals surface area contributed by atoms with Crippen LogP contribution in [0.4, 0.5) is 0 Å². The van der Waals surface area contributed by atoms with Gasteiger partial charge in [-0.1, -0.05) is 44.2 Å². The van der Waals surface area contributed by atoms with E-state index in [0.717, 1.165) is 5.56 Å². The van der Waals surface area contributed by atoms with Crippen molar-refractivity contribution in [2.45, 2.75) is 70.4 Å². The van der Waals surface area contributed by atoms with Gasteiger partial charge in [0.05, 0.1) is 18.6 Å². The van der Waals surface area contributed by atoms with Crippen molar-refractivity contribution in [1.82, 2.24) is 20.9 Å². The standard InChI is InChI=1S/C27H34N4O7/c1-15(2)12-19-27(37)38-16(3)23(31-26(36)24-20(32)10-7-11-28-24)25(35)30-18(21(33)14-22(34)29-19)13-17-8-5-4-6-9-17/h4-11,15-16,18-19,21,23,32-33H,12-14H2,1-3H3,(H,29,34)(H,30,35)(H,31,36). The first-order valence-corrected chi connectivity index (χ1v) is 12.5. The predicted molar refractivity (Wildman–Crippen MR) is 137 cm³/mol. The lowest BCUT2D eigenvalue weighted by Crippen LogP contribution is -2.59. The lowest BCUT2D eigenvalue weighted by atomic mass is 9.97. The van der Waals surface area contributed by atoms with Crippen molar-refractivity contribution in [3.63, 3.8) is 0 Å². The van der Waals surface area contributed by atoms with Gasteiger partial charge in [-0.3, -0.25) is 14.4 Å². The number of nitrogens with one attached hydrogen (secondary N) is 3. The largest absolute Gasteiger partial charge is 0.505 e. The fourth-order valence-electron chi connectivity index (χ4n) is 4.21. The minimum atomic E-state index is -1.40. The van der Waals surface area contributed by atoms with E-state index in [1.165, 1.54) is 25.3 Å². The van der Waals surface area contributed by atoms with Crippen molar-refractivity contribution in [3.05, 3.63) is 59.9 Å². The number of aromatic nitrogens is 1. The molecule has 1 fully saturated rings. The predicted octanol–water partition coefficient (Wildman–Crippen LogP) is 0.840. The summed E-state index contributed by atoms with van der Waals surface area (Å²) in [5, 5.41) is 28.8. The molecule has 3 rings (SSSR count). The summed E-state index contributed by atoms with van der Waals surface area (Å²) in [6.45, 7) is 5.18. The number of esters is 1. The number of cyclic esters (lactones) is 1. The maximum atomic E-state index is 13.5. The summed E-state index contributed by atoms with van der Waals surface area (Å²) in [5.41, 5.74) is 0.497. The number of hydrogen-bond acceptors (Lipinski definition) is 8. The highest BCUT2D eigenvalue weighted by Gasteiger charge is 2.37. The molecule has 1 aromatic carbocycles. The number of carbonyl (C=O) groups is 4. The number of benzene rings is 1. The Morgan fingerprint density at radius 2 is 1.84 bits per heavy atom. The minimum absolute atomic E-state index is 0.0257. The van der Waals surface area contributed by atoms with E-state index in [1.807, 2.05) is 44.2 Å². The average Bonchev–Trinajstić information content (AvgIpc) is 2.86. The molecule has 11 nitrogen and oxygen atoms in total. The van der Waals surface area contributed by atoms with E-state index in [0.29, 0.717) is 0 Å². The van der Waals surface area contributed by atoms with E-state index >= 15 is 0 Å². The number of nitrogens with zero attached hydrogens (tertiary/aromatic N) is 1. The van der Waals surface area contributed by atoms with Crippen LogP contribution >= 0.6 is 0 Å². The van der Waals surface area contributed by atoms with Crippen LogP contribution < -0.4 is 16.0 Å². The van der Waals surface area contributed by atoms with Crippen LogP contribution in [0.1, 0.15) is 49.7 Å². The van der Waals surface area contributed by atoms with Crippen molar-refractivity contribution in [3.8, 4) is 5.75 Å². The third-order valence-electron chi connectivity index (χ3n) is 6.15. The second-order valence-corrected chi connectivity index (χ2v) is 9.79. The molecule has 5 atom stereocenters. The summed E-state index contributed by atoms with van der Waals surface area (Å²) in [7, 11) is 0. The third-order valence-corrected chi connectivity index (χ3v) is 6.15. The van der Waals surface area contributed by atoms with Gasteiger partial charge in [0, 0.05) is 6.20 Å². The molecular weight excluding hydrogens is 492 g/mol. The molecule has 1 aliphatic rings. The molecule has 0 aliphatic carbocycles. The first-order chi connectivity index (χ1) is 18.0. The number of ether oxygens (including phenoxy) is 1. The number of aromatic hydroxyl groups is 1. The minimum Gasteiger partial charge on any atom is -0.505 e. The van der Waals surface area contributed by atoms with Gasteiger partial charge in [-0.2, -0.15) is 0 Å². The van der Waals surface area contributed by atoms with Gasteiger partial charge in [0.15, 0.2) is 5.69 Å². The Morgan fingerprint density at radius 3 is 2.50 bits per heavy atom. The van der Waals surface area contributed by atoms with Gasteiger partial charge in [0.1, 0.15) is 23.9 Å². The summed E-state index contributed by atoms with van der Waals surface area (Å²) in [5.74, 6) is -3.29. The highest BCUT2D eigenvalue weighted by atomic mass is 16.5. The molecular formula is C27H34N4O7. The molecule has 2 heterocycles. The molecule has 5 N–H and O–H groups in total. The SMILES string of the molecule is CC(C)CC1NC(=O)CC(O)C(Cc2ccccc2)NC(=O)C(NC(=O)c2ncccc2O)C(C)OC1=O. The van der Waals surface area contributed by atoms with Gasteiger partial charge < -0.3 is 30.9 Å². The summed E-state index contributed by atoms with van der Waals surface area (Å²) in [6.07, 6.45) is -1.05. The van der Waals surface area contributed by atoms with Crippen LogP contribution in [-0.4, -0.2) is 69.2 Å². The zero-order chi connectivity index (χ0) is 27.8. The van der Waals surface area contributed by atoms with Crippen molar-refractivity contribution < 1.29 is 34.1 Å². The maximum absolute atomic E-state index is 13.5. The van der Waals surface area contributed by atoms with E-state index in [-0.39, 0.29) is 36.6 Å². The lowest BCUT2D eigenvalue weighted by molar-refractivity contribution is -0.156. The number of aliphatic hydroxyl groups excluding tert-OH is 1. The van der Waals surface area contributed by atoms with Gasteiger partial charge in [0.25, 0.3) is 5.91 Å². The Labute approximate surface area is 221 Å². The van der Waals surface area contributed by atoms with E-state index in [2.05, 4.69) is 20.9 Å². The molecule has 1 aromatic heterocycles. The van der Waals surface area contributed by atoms with Crippen molar-refractivity contribution >= 4 is 23.7 Å². The molecule has 5 unspecified atom stereocenters. The molecule has 11 heteroatoms. The molecule has 0 spiro atoms. The maximum Gasteiger partial charge on any atom is 0.328 e. The molecule has 0 bridgehead atoms. The van der Waals surface area contributed by atoms with Gasteiger partial charge >= 0.3 is 5.97 Å². The Bertz CT molecular complexity index is 1140. The topological polar surface area (TPSA) is 167 Å². The van der Waals surface area contributed by atoms with Crippen molar-refractivity contribution in [2.75, 3.05) is 0 Å². The van der Waals surface area contributed by atoms with Gasteiger partial charge in [-0.25, -0.2) is 9.78 Å². The molecule has 1 saturated heterocycles. The molecule has 0 radical (unpaired) electrons. The van der Waals surface area contributed by atoms with E-state index < -0.39 is 54.0 Å². The highest BCUT2D eigenvalue weighted by molar-refractivity contribution is 5.98. The molecule has 38 heavy (non-hydrogen) atoms. The fraction of sp³-hybridized carbons (Fsp3) is 0.444. The fourth-order valence-corrected chi connectivity index (χ4v) is 4.21. The monoisotopic (exact) mass is 526 g/mol. The van der Waals surface area contributed by atoms with Crippen LogP contribution in [0.3, 0.4) is 0 Å². The zero-order valence-electron chi connectivity index (χ0n) is 21.6. The Hall–Kier alpha value is -3.99. The van der Waals surface area contributed by atoms with Crippen LogP contribution in [0.5, 0.6) is 5.75 Å². The number of amides is 3. The van der Waals surface area contributed by atoms with Gasteiger partial charge in [-0.15, -0.1) is 0 Å². The van der Waals surface area contributed by atoms with Crippen LogP contribution in [0, 0.1) is 5.92 Å². The van der Waals surface area contributed by atoms with E-state index in [1.54, 1.807) is 0 Å². The number of pyridine rings is 1. The Morgan fingerprint density at radius 1 is 1.13 bits per heavy atom. The normalized spacial score (nSPS) is 24.9. The second-order valence-electron chi connectivity index (χ2n) is 9.79. The van der Waals surface area contributed by atoms with Crippen LogP contribution in [0.15, 0.2) is 48.7 Å². The molecule has 0 saturated carbocycles. The van der Waals surface area contributed by atoms with Crippen molar-refractivity contribution in [2.24, 2.45) is 5.92 Å². The zero-order valence-corrected chi connectivity index (χ0v) is 21.6. The van der Waals surface area contributed by atoms with Crippen LogP contribution in [0.25, 0.3) is 0 Å². The smallest absolute Gasteiger partial charge is 0.328 e. The van der Waals surface area contributed by atoms with Gasteiger partial charge in [-0.05, 0) is 43.4 Å². The first kappa shape index (κ1) is 28.6. The molecule has 204 valence electrons. The van der Waals surface area contributed by atoms with Crippen LogP contribution in [-0.2, 0) is 25.5 Å². The quantitative estimate of drug-likeness (QED) is 0.345. The molecule has 3 amide bonds. The highest BCUT2D eigenvalue weighted by Crippen LogP contribution is 2.16. The Kier molecular flexibility index (Phi) is 9.78. The second kappa shape index (κ2) is 13.0. The number of hydrogen-bond donors (Lipinski definition) is 5. The number of carbonyl (C=O) groups excluding carboxylic acids is 4. The van der Waals surface area contributed by atoms with E-state index in [4.69, 9.17) is 4.74 Å². The first-order valence-electron chi connectivity index (χ1n) is 12.5. The number of rotatable bonds is 6. The summed E-state index contributed by atoms with van der Waals surface area (Å²) in [4.78, 5) is 55.9. The summed E-state index contributed by atoms with van der Waals surface area (Å²) < 4.78 is 5.54. The molecule has 2 aromatic rings. The summed E-state index contributed by atoms with van der Waals surface area (Å²) >= 11 is 0. The van der Waals surface area contributed by atoms with Crippen molar-refractivity contribution in [1.29, 1.82) is 0 Å². The average molecular weight is 527 g/mol. The van der Waals surface area contributed by atoms with Gasteiger partial charge in [0.2, 0.25) is 11.8 Å². The Balaban J connectivity index is 1.95. The van der Waals surface area contributed by atoms with E-state index in [9.17, 15) is 29.4 Å².